The molecule has 0 saturated heterocycles. The van der Waals surface area contributed by atoms with Gasteiger partial charge in [0.15, 0.2) is 17.3 Å². The van der Waals surface area contributed by atoms with Crippen LogP contribution in [-0.2, 0) is 4.79 Å². The molecule has 2 rings (SSSR count). The van der Waals surface area contributed by atoms with Crippen LogP contribution in [0.3, 0.4) is 0 Å². The van der Waals surface area contributed by atoms with E-state index in [1.807, 2.05) is 0 Å². The van der Waals surface area contributed by atoms with E-state index >= 15 is 0 Å². The average molecular weight is 341 g/mol. The number of ether oxygens (including phenoxy) is 2. The summed E-state index contributed by atoms with van der Waals surface area (Å²) >= 11 is 3.41. The zero-order valence-electron chi connectivity index (χ0n) is 11.6. The van der Waals surface area contributed by atoms with E-state index in [1.165, 1.54) is 6.92 Å². The smallest absolute Gasteiger partial charge is 0.175 e. The first-order valence-corrected chi connectivity index (χ1v) is 7.41. The van der Waals surface area contributed by atoms with Crippen LogP contribution in [-0.4, -0.2) is 24.8 Å². The molecule has 1 atom stereocenters. The van der Waals surface area contributed by atoms with Gasteiger partial charge >= 0.3 is 0 Å². The van der Waals surface area contributed by atoms with Gasteiger partial charge in [0, 0.05) is 24.3 Å². The van der Waals surface area contributed by atoms with Crippen LogP contribution in [0, 0.1) is 5.92 Å². The molecular weight excluding hydrogens is 324 g/mol. The number of rotatable bonds is 4. The van der Waals surface area contributed by atoms with E-state index in [9.17, 15) is 9.59 Å². The van der Waals surface area contributed by atoms with Crippen LogP contribution in [0.15, 0.2) is 16.6 Å². The number of fused-ring (bicyclic) bond motifs is 1. The minimum atomic E-state index is -0.329. The van der Waals surface area contributed by atoms with Crippen molar-refractivity contribution in [1.29, 1.82) is 0 Å². The van der Waals surface area contributed by atoms with Crippen molar-refractivity contribution >= 4 is 27.5 Å². The van der Waals surface area contributed by atoms with E-state index in [4.69, 9.17) is 9.47 Å². The lowest BCUT2D eigenvalue weighted by molar-refractivity contribution is -0.117. The van der Waals surface area contributed by atoms with Crippen molar-refractivity contribution in [1.82, 2.24) is 0 Å². The van der Waals surface area contributed by atoms with Gasteiger partial charge in [0.05, 0.1) is 17.7 Å². The Bertz CT molecular complexity index is 539. The van der Waals surface area contributed by atoms with Crippen molar-refractivity contribution in [3.63, 3.8) is 0 Å². The number of carbonyl (C=O) groups is 2. The van der Waals surface area contributed by atoms with Crippen molar-refractivity contribution in [3.05, 3.63) is 22.2 Å². The molecule has 4 nitrogen and oxygen atoms in total. The van der Waals surface area contributed by atoms with Crippen molar-refractivity contribution in [2.24, 2.45) is 5.92 Å². The molecule has 1 aliphatic rings. The highest BCUT2D eigenvalue weighted by Gasteiger charge is 2.22. The number of ketones is 2. The van der Waals surface area contributed by atoms with Crippen molar-refractivity contribution in [2.45, 2.75) is 26.7 Å². The first-order valence-electron chi connectivity index (χ1n) is 6.62. The summed E-state index contributed by atoms with van der Waals surface area (Å²) in [6, 6.07) is 3.43. The largest absolute Gasteiger partial charge is 0.489 e. The van der Waals surface area contributed by atoms with Gasteiger partial charge in [-0.3, -0.25) is 4.79 Å². The molecule has 5 heteroatoms. The third-order valence-electron chi connectivity index (χ3n) is 3.13. The fourth-order valence-electron chi connectivity index (χ4n) is 2.18. The van der Waals surface area contributed by atoms with E-state index in [2.05, 4.69) is 15.9 Å². The topological polar surface area (TPSA) is 52.6 Å². The highest BCUT2D eigenvalue weighted by Crippen LogP contribution is 2.38. The highest BCUT2D eigenvalue weighted by molar-refractivity contribution is 9.10. The minimum Gasteiger partial charge on any atom is -0.489 e. The van der Waals surface area contributed by atoms with Gasteiger partial charge in [0.25, 0.3) is 0 Å². The quantitative estimate of drug-likeness (QED) is 0.788. The molecule has 0 aromatic heterocycles. The van der Waals surface area contributed by atoms with Crippen LogP contribution in [0.25, 0.3) is 0 Å². The van der Waals surface area contributed by atoms with Gasteiger partial charge in [-0.05, 0) is 35.0 Å². The van der Waals surface area contributed by atoms with Gasteiger partial charge in [0.1, 0.15) is 5.78 Å². The van der Waals surface area contributed by atoms with Crippen molar-refractivity contribution in [3.8, 4) is 11.5 Å². The number of halogens is 1. The summed E-state index contributed by atoms with van der Waals surface area (Å²) in [6.45, 7) is 4.42. The van der Waals surface area contributed by atoms with Gasteiger partial charge in [-0.15, -0.1) is 0 Å². The van der Waals surface area contributed by atoms with Crippen LogP contribution >= 0.6 is 15.9 Å². The zero-order valence-corrected chi connectivity index (χ0v) is 13.2. The molecule has 1 aromatic carbocycles. The minimum absolute atomic E-state index is 0.0132. The Kier molecular flexibility index (Phi) is 4.81. The predicted octanol–water partition coefficient (Wildman–Crippen LogP) is 3.41. The predicted molar refractivity (Wildman–Crippen MR) is 78.5 cm³/mol. The third-order valence-corrected chi connectivity index (χ3v) is 3.72. The molecule has 0 radical (unpaired) electrons. The Morgan fingerprint density at radius 3 is 2.70 bits per heavy atom. The van der Waals surface area contributed by atoms with Gasteiger partial charge in [-0.25, -0.2) is 0 Å². The van der Waals surface area contributed by atoms with E-state index in [1.54, 1.807) is 19.1 Å². The van der Waals surface area contributed by atoms with Crippen LogP contribution in [0.5, 0.6) is 11.5 Å². The molecule has 1 heterocycles. The molecule has 108 valence electrons. The van der Waals surface area contributed by atoms with E-state index in [0.29, 0.717) is 34.7 Å². The molecule has 0 amide bonds. The normalized spacial score (nSPS) is 15.3. The van der Waals surface area contributed by atoms with Crippen LogP contribution in [0.4, 0.5) is 0 Å². The molecule has 20 heavy (non-hydrogen) atoms. The lowest BCUT2D eigenvalue weighted by Gasteiger charge is -2.13. The van der Waals surface area contributed by atoms with Gasteiger partial charge < -0.3 is 14.3 Å². The molecule has 0 fully saturated rings. The number of hydrogen-bond acceptors (Lipinski definition) is 4. The second kappa shape index (κ2) is 6.39. The molecule has 0 bridgehead atoms. The van der Waals surface area contributed by atoms with Crippen LogP contribution in [0.1, 0.15) is 37.0 Å². The lowest BCUT2D eigenvalue weighted by Crippen LogP contribution is -2.14. The van der Waals surface area contributed by atoms with Crippen molar-refractivity contribution in [2.75, 3.05) is 13.2 Å². The number of carbonyl (C=O) groups excluding carboxylic acids is 2. The number of Topliss-reactive ketones (excluding diaryl/α,β-unsaturated/α-hetero) is 2. The van der Waals surface area contributed by atoms with Gasteiger partial charge in [-0.2, -0.15) is 0 Å². The molecule has 0 N–H and O–H groups in total. The lowest BCUT2D eigenvalue weighted by atomic mass is 9.95. The standard InChI is InChI=1S/C15H17BrO4/c1-9(6-10(2)17)14(18)11-7-12(16)15-13(8-11)19-4-3-5-20-15/h7-9H,3-6H2,1-2H3. The first-order chi connectivity index (χ1) is 9.49. The summed E-state index contributed by atoms with van der Waals surface area (Å²) in [5.74, 6) is 0.841. The summed E-state index contributed by atoms with van der Waals surface area (Å²) in [5, 5.41) is 0. The van der Waals surface area contributed by atoms with Crippen molar-refractivity contribution < 1.29 is 19.1 Å². The second-order valence-corrected chi connectivity index (χ2v) is 5.86. The van der Waals surface area contributed by atoms with Gasteiger partial charge in [-0.1, -0.05) is 6.92 Å². The highest BCUT2D eigenvalue weighted by atomic mass is 79.9. The molecular formula is C15H17BrO4. The Labute approximate surface area is 126 Å². The monoisotopic (exact) mass is 340 g/mol. The molecule has 0 aliphatic carbocycles. The molecule has 1 aliphatic heterocycles. The molecule has 0 saturated carbocycles. The maximum Gasteiger partial charge on any atom is 0.175 e. The Morgan fingerprint density at radius 1 is 1.30 bits per heavy atom. The van der Waals surface area contributed by atoms with Crippen LogP contribution < -0.4 is 9.47 Å². The van der Waals surface area contributed by atoms with E-state index in [0.717, 1.165) is 6.42 Å². The summed E-state index contributed by atoms with van der Waals surface area (Å²) < 4.78 is 11.9. The summed E-state index contributed by atoms with van der Waals surface area (Å²) in [5.41, 5.74) is 0.537. The van der Waals surface area contributed by atoms with E-state index in [-0.39, 0.29) is 23.9 Å². The maximum atomic E-state index is 12.3. The fraction of sp³-hybridized carbons (Fsp3) is 0.467. The third kappa shape index (κ3) is 3.39. The van der Waals surface area contributed by atoms with E-state index < -0.39 is 0 Å². The SMILES string of the molecule is CC(=O)CC(C)C(=O)c1cc(Br)c2c(c1)OCCCO2. The zero-order chi connectivity index (χ0) is 14.7. The summed E-state index contributed by atoms with van der Waals surface area (Å²) in [6.07, 6.45) is 1.07. The summed E-state index contributed by atoms with van der Waals surface area (Å²) in [7, 11) is 0. The Hall–Kier alpha value is -1.36. The maximum absolute atomic E-state index is 12.3. The second-order valence-electron chi connectivity index (χ2n) is 5.01. The van der Waals surface area contributed by atoms with Crippen LogP contribution in [0.2, 0.25) is 0 Å². The molecule has 1 unspecified atom stereocenters. The fourth-order valence-corrected chi connectivity index (χ4v) is 2.74. The average Bonchev–Trinajstić information content (AvgIpc) is 2.62. The Morgan fingerprint density at radius 2 is 2.00 bits per heavy atom. The summed E-state index contributed by atoms with van der Waals surface area (Å²) in [4.78, 5) is 23.5. The van der Waals surface area contributed by atoms with Gasteiger partial charge in [0.2, 0.25) is 0 Å². The number of hydrogen-bond donors (Lipinski definition) is 0. The Balaban J connectivity index is 2.29. The molecule has 0 spiro atoms. The number of benzene rings is 1. The molecule has 1 aromatic rings. The first kappa shape index (κ1) is 15.0.